The summed E-state index contributed by atoms with van der Waals surface area (Å²) in [7, 11) is 3.01. The van der Waals surface area contributed by atoms with Gasteiger partial charge in [-0.05, 0) is 53.8 Å². The van der Waals surface area contributed by atoms with Crippen LogP contribution in [0.5, 0.6) is 23.0 Å². The lowest BCUT2D eigenvalue weighted by Crippen LogP contribution is -2.35. The molecule has 2 aromatic carbocycles. The van der Waals surface area contributed by atoms with Crippen molar-refractivity contribution in [2.24, 2.45) is 0 Å². The Labute approximate surface area is 146 Å². The van der Waals surface area contributed by atoms with E-state index in [0.29, 0.717) is 30.9 Å². The van der Waals surface area contributed by atoms with E-state index in [1.54, 1.807) is 23.1 Å². The summed E-state index contributed by atoms with van der Waals surface area (Å²) in [6.45, 7) is 0.594. The monoisotopic (exact) mass is 343 g/mol. The maximum atomic E-state index is 11.5. The largest absolute Gasteiger partial charge is 0.504 e. The van der Waals surface area contributed by atoms with Gasteiger partial charge in [-0.3, -0.25) is 4.79 Å². The summed E-state index contributed by atoms with van der Waals surface area (Å²) in [6.07, 6.45) is 2.06. The standard InChI is InChI=1S/C19H21NO5/c1-24-18-4-3-12(8-16(18)22)7-15-14-10-17(23)19(25-2)9-13(14)5-6-20(15)11-21/h3-4,8-11,15,22-23H,5-7H2,1-2H3/t15-/m1/s1. The van der Waals surface area contributed by atoms with Gasteiger partial charge < -0.3 is 24.6 Å². The predicted octanol–water partition coefficient (Wildman–Crippen LogP) is 2.41. The van der Waals surface area contributed by atoms with Crippen molar-refractivity contribution < 1.29 is 24.5 Å². The maximum absolute atomic E-state index is 11.5. The van der Waals surface area contributed by atoms with Gasteiger partial charge in [-0.1, -0.05) is 6.07 Å². The Balaban J connectivity index is 1.98. The zero-order valence-electron chi connectivity index (χ0n) is 14.2. The number of methoxy groups -OCH3 is 2. The number of amides is 1. The first-order chi connectivity index (χ1) is 12.1. The predicted molar refractivity (Wildman–Crippen MR) is 92.2 cm³/mol. The number of aromatic hydroxyl groups is 2. The van der Waals surface area contributed by atoms with Gasteiger partial charge in [0.15, 0.2) is 23.0 Å². The van der Waals surface area contributed by atoms with Crippen LogP contribution in [0.15, 0.2) is 30.3 Å². The molecule has 1 aliphatic rings. The van der Waals surface area contributed by atoms with Crippen LogP contribution in [0.3, 0.4) is 0 Å². The second-order valence-corrected chi connectivity index (χ2v) is 6.04. The van der Waals surface area contributed by atoms with E-state index in [9.17, 15) is 15.0 Å². The lowest BCUT2D eigenvalue weighted by molar-refractivity contribution is -0.120. The average Bonchev–Trinajstić information content (AvgIpc) is 2.62. The highest BCUT2D eigenvalue weighted by Gasteiger charge is 2.28. The van der Waals surface area contributed by atoms with Gasteiger partial charge in [0.05, 0.1) is 20.3 Å². The van der Waals surface area contributed by atoms with Crippen LogP contribution in [0.25, 0.3) is 0 Å². The molecular weight excluding hydrogens is 322 g/mol. The van der Waals surface area contributed by atoms with Gasteiger partial charge in [0.2, 0.25) is 6.41 Å². The molecule has 0 aliphatic carbocycles. The van der Waals surface area contributed by atoms with E-state index < -0.39 is 0 Å². The second kappa shape index (κ2) is 6.93. The molecule has 0 spiro atoms. The fraction of sp³-hybridized carbons (Fsp3) is 0.316. The number of fused-ring (bicyclic) bond motifs is 1. The molecule has 6 nitrogen and oxygen atoms in total. The van der Waals surface area contributed by atoms with E-state index in [1.165, 1.54) is 14.2 Å². The first-order valence-corrected chi connectivity index (χ1v) is 8.04. The number of hydrogen-bond acceptors (Lipinski definition) is 5. The van der Waals surface area contributed by atoms with Crippen molar-refractivity contribution in [1.82, 2.24) is 4.90 Å². The van der Waals surface area contributed by atoms with Crippen molar-refractivity contribution in [2.75, 3.05) is 20.8 Å². The highest BCUT2D eigenvalue weighted by Crippen LogP contribution is 2.39. The molecule has 0 unspecified atom stereocenters. The van der Waals surface area contributed by atoms with Gasteiger partial charge in [-0.25, -0.2) is 0 Å². The minimum atomic E-state index is -0.217. The Morgan fingerprint density at radius 1 is 1.12 bits per heavy atom. The molecule has 1 aliphatic heterocycles. The van der Waals surface area contributed by atoms with Crippen LogP contribution in [0.4, 0.5) is 0 Å². The molecule has 2 N–H and O–H groups in total. The van der Waals surface area contributed by atoms with Crippen molar-refractivity contribution in [3.8, 4) is 23.0 Å². The summed E-state index contributed by atoms with van der Waals surface area (Å²) in [6, 6.07) is 8.47. The van der Waals surface area contributed by atoms with Gasteiger partial charge in [0.1, 0.15) is 0 Å². The van der Waals surface area contributed by atoms with Gasteiger partial charge in [-0.2, -0.15) is 0 Å². The quantitative estimate of drug-likeness (QED) is 0.815. The molecule has 132 valence electrons. The number of phenolic OH excluding ortho intramolecular Hbond substituents is 2. The summed E-state index contributed by atoms with van der Waals surface area (Å²) in [4.78, 5) is 13.2. The Kier molecular flexibility index (Phi) is 4.70. The van der Waals surface area contributed by atoms with Crippen molar-refractivity contribution in [2.45, 2.75) is 18.9 Å². The van der Waals surface area contributed by atoms with E-state index in [1.807, 2.05) is 12.1 Å². The van der Waals surface area contributed by atoms with Gasteiger partial charge in [-0.15, -0.1) is 0 Å². The van der Waals surface area contributed by atoms with Crippen molar-refractivity contribution >= 4 is 6.41 Å². The number of hydrogen-bond donors (Lipinski definition) is 2. The number of rotatable bonds is 5. The molecule has 1 amide bonds. The van der Waals surface area contributed by atoms with E-state index in [2.05, 4.69) is 0 Å². The summed E-state index contributed by atoms with van der Waals surface area (Å²) >= 11 is 0. The molecule has 1 atom stereocenters. The Morgan fingerprint density at radius 2 is 1.84 bits per heavy atom. The number of phenols is 2. The molecule has 0 saturated carbocycles. The molecule has 0 saturated heterocycles. The number of carbonyl (C=O) groups excluding carboxylic acids is 1. The topological polar surface area (TPSA) is 79.2 Å². The number of nitrogens with zero attached hydrogens (tertiary/aromatic N) is 1. The first kappa shape index (κ1) is 17.0. The van der Waals surface area contributed by atoms with Crippen LogP contribution in [0.1, 0.15) is 22.7 Å². The zero-order chi connectivity index (χ0) is 18.0. The molecule has 1 heterocycles. The Bertz CT molecular complexity index is 790. The van der Waals surface area contributed by atoms with Crippen LogP contribution < -0.4 is 9.47 Å². The minimum Gasteiger partial charge on any atom is -0.504 e. The molecule has 2 aromatic rings. The Morgan fingerprint density at radius 3 is 2.48 bits per heavy atom. The number of ether oxygens (including phenoxy) is 2. The van der Waals surface area contributed by atoms with Crippen LogP contribution in [-0.4, -0.2) is 42.3 Å². The number of carbonyl (C=O) groups is 1. The molecule has 25 heavy (non-hydrogen) atoms. The molecule has 0 bridgehead atoms. The fourth-order valence-corrected chi connectivity index (χ4v) is 3.34. The van der Waals surface area contributed by atoms with Crippen LogP contribution >= 0.6 is 0 Å². The zero-order valence-corrected chi connectivity index (χ0v) is 14.2. The molecule has 0 fully saturated rings. The summed E-state index contributed by atoms with van der Waals surface area (Å²) in [5, 5.41) is 20.1. The Hall–Kier alpha value is -2.89. The van der Waals surface area contributed by atoms with Gasteiger partial charge in [0, 0.05) is 6.54 Å². The fourth-order valence-electron chi connectivity index (χ4n) is 3.34. The third-order valence-corrected chi connectivity index (χ3v) is 4.65. The van der Waals surface area contributed by atoms with Gasteiger partial charge in [0.25, 0.3) is 0 Å². The third kappa shape index (κ3) is 3.20. The van der Waals surface area contributed by atoms with Gasteiger partial charge >= 0.3 is 0 Å². The molecule has 0 radical (unpaired) electrons. The molecule has 3 rings (SSSR count). The minimum absolute atomic E-state index is 0.0524. The van der Waals surface area contributed by atoms with Crippen LogP contribution in [0, 0.1) is 0 Å². The third-order valence-electron chi connectivity index (χ3n) is 4.65. The lowest BCUT2D eigenvalue weighted by atomic mass is 9.88. The van der Waals surface area contributed by atoms with E-state index >= 15 is 0 Å². The molecule has 0 aromatic heterocycles. The molecular formula is C19H21NO5. The SMILES string of the molecule is COc1ccc(C[C@@H]2c3cc(O)c(OC)cc3CCN2C=O)cc1O. The van der Waals surface area contributed by atoms with E-state index in [4.69, 9.17) is 9.47 Å². The van der Waals surface area contributed by atoms with Crippen molar-refractivity contribution in [3.05, 3.63) is 47.0 Å². The summed E-state index contributed by atoms with van der Waals surface area (Å²) in [5.74, 6) is 0.949. The summed E-state index contributed by atoms with van der Waals surface area (Å²) < 4.78 is 10.2. The van der Waals surface area contributed by atoms with Crippen LogP contribution in [0.2, 0.25) is 0 Å². The van der Waals surface area contributed by atoms with Crippen molar-refractivity contribution in [3.63, 3.8) is 0 Å². The first-order valence-electron chi connectivity index (χ1n) is 8.04. The van der Waals surface area contributed by atoms with E-state index in [0.717, 1.165) is 23.1 Å². The highest BCUT2D eigenvalue weighted by molar-refractivity contribution is 5.55. The average molecular weight is 343 g/mol. The number of benzene rings is 2. The summed E-state index contributed by atoms with van der Waals surface area (Å²) in [5.41, 5.74) is 2.82. The normalized spacial score (nSPS) is 16.2. The smallest absolute Gasteiger partial charge is 0.210 e. The second-order valence-electron chi connectivity index (χ2n) is 6.04. The van der Waals surface area contributed by atoms with E-state index in [-0.39, 0.29) is 17.5 Å². The highest BCUT2D eigenvalue weighted by atomic mass is 16.5. The molecule has 6 heteroatoms. The lowest BCUT2D eigenvalue weighted by Gasteiger charge is -2.35. The van der Waals surface area contributed by atoms with Crippen molar-refractivity contribution in [1.29, 1.82) is 0 Å². The van der Waals surface area contributed by atoms with Crippen LogP contribution in [-0.2, 0) is 17.6 Å². The maximum Gasteiger partial charge on any atom is 0.210 e.